The van der Waals surface area contributed by atoms with E-state index in [1.165, 1.54) is 25.5 Å². The number of anilines is 1. The van der Waals surface area contributed by atoms with Crippen LogP contribution in [0, 0.1) is 22.5 Å². The van der Waals surface area contributed by atoms with Crippen molar-refractivity contribution in [3.63, 3.8) is 0 Å². The SMILES string of the molecule is CCC1(CNc2cc(C)c([N+](=O)[O-])cn2)CC1. The Bertz CT molecular complexity index is 441. The molecule has 0 bridgehead atoms. The van der Waals surface area contributed by atoms with E-state index < -0.39 is 4.92 Å². The van der Waals surface area contributed by atoms with Gasteiger partial charge >= 0.3 is 0 Å². The van der Waals surface area contributed by atoms with Crippen LogP contribution in [0.25, 0.3) is 0 Å². The van der Waals surface area contributed by atoms with Gasteiger partial charge in [-0.3, -0.25) is 10.1 Å². The molecule has 0 unspecified atom stereocenters. The maximum absolute atomic E-state index is 10.7. The van der Waals surface area contributed by atoms with Gasteiger partial charge in [0.1, 0.15) is 12.0 Å². The lowest BCUT2D eigenvalue weighted by molar-refractivity contribution is -0.385. The molecule has 1 N–H and O–H groups in total. The third-order valence-electron chi connectivity index (χ3n) is 3.63. The number of nitro groups is 1. The molecule has 1 aliphatic rings. The van der Waals surface area contributed by atoms with E-state index in [1.807, 2.05) is 0 Å². The molecule has 0 radical (unpaired) electrons. The summed E-state index contributed by atoms with van der Waals surface area (Å²) < 4.78 is 0. The molecule has 0 atom stereocenters. The summed E-state index contributed by atoms with van der Waals surface area (Å²) in [5.74, 6) is 0.729. The van der Waals surface area contributed by atoms with Crippen LogP contribution in [0.15, 0.2) is 12.3 Å². The van der Waals surface area contributed by atoms with E-state index in [1.54, 1.807) is 13.0 Å². The number of hydrogen-bond donors (Lipinski definition) is 1. The van der Waals surface area contributed by atoms with E-state index in [2.05, 4.69) is 17.2 Å². The minimum Gasteiger partial charge on any atom is -0.370 e. The molecule has 0 amide bonds. The van der Waals surface area contributed by atoms with Crippen LogP contribution in [-0.4, -0.2) is 16.5 Å². The van der Waals surface area contributed by atoms with Gasteiger partial charge in [-0.05, 0) is 37.7 Å². The topological polar surface area (TPSA) is 68.1 Å². The highest BCUT2D eigenvalue weighted by Crippen LogP contribution is 2.48. The summed E-state index contributed by atoms with van der Waals surface area (Å²) in [6.45, 7) is 4.84. The minimum atomic E-state index is -0.402. The standard InChI is InChI=1S/C12H17N3O2/c1-3-12(4-5-12)8-14-11-6-9(2)10(7-13-11)15(16)17/h6-7H,3-5,8H2,1-2H3,(H,13,14). The zero-order chi connectivity index (χ0) is 12.5. The second-order valence-corrected chi connectivity index (χ2v) is 4.82. The van der Waals surface area contributed by atoms with Crippen molar-refractivity contribution in [2.45, 2.75) is 33.1 Å². The monoisotopic (exact) mass is 235 g/mol. The van der Waals surface area contributed by atoms with Crippen LogP contribution >= 0.6 is 0 Å². The fraction of sp³-hybridized carbons (Fsp3) is 0.583. The summed E-state index contributed by atoms with van der Waals surface area (Å²) >= 11 is 0. The Morgan fingerprint density at radius 2 is 2.29 bits per heavy atom. The quantitative estimate of drug-likeness (QED) is 0.629. The lowest BCUT2D eigenvalue weighted by atomic mass is 10.0. The second-order valence-electron chi connectivity index (χ2n) is 4.82. The highest BCUT2D eigenvalue weighted by Gasteiger charge is 2.40. The Hall–Kier alpha value is -1.65. The van der Waals surface area contributed by atoms with Gasteiger partial charge in [-0.1, -0.05) is 6.92 Å². The molecule has 1 aromatic rings. The Kier molecular flexibility index (Phi) is 3.00. The number of hydrogen-bond acceptors (Lipinski definition) is 4. The maximum atomic E-state index is 10.7. The van der Waals surface area contributed by atoms with Crippen LogP contribution < -0.4 is 5.32 Å². The summed E-state index contributed by atoms with van der Waals surface area (Å²) in [5.41, 5.74) is 1.16. The van der Waals surface area contributed by atoms with Crippen molar-refractivity contribution in [3.8, 4) is 0 Å². The van der Waals surface area contributed by atoms with Crippen LogP contribution in [0.2, 0.25) is 0 Å². The van der Waals surface area contributed by atoms with Crippen molar-refractivity contribution < 1.29 is 4.92 Å². The van der Waals surface area contributed by atoms with Crippen molar-refractivity contribution in [3.05, 3.63) is 27.9 Å². The van der Waals surface area contributed by atoms with E-state index in [-0.39, 0.29) is 5.69 Å². The summed E-state index contributed by atoms with van der Waals surface area (Å²) in [5, 5.41) is 13.9. The molecule has 0 saturated heterocycles. The minimum absolute atomic E-state index is 0.0761. The lowest BCUT2D eigenvalue weighted by Gasteiger charge is -2.13. The number of aromatic nitrogens is 1. The van der Waals surface area contributed by atoms with Crippen molar-refractivity contribution >= 4 is 11.5 Å². The lowest BCUT2D eigenvalue weighted by Crippen LogP contribution is -2.15. The molecule has 5 nitrogen and oxygen atoms in total. The normalized spacial score (nSPS) is 16.6. The molecular weight excluding hydrogens is 218 g/mol. The number of aryl methyl sites for hydroxylation is 1. The number of pyridine rings is 1. The Morgan fingerprint density at radius 1 is 1.59 bits per heavy atom. The van der Waals surface area contributed by atoms with Gasteiger partial charge in [0.05, 0.1) is 4.92 Å². The van der Waals surface area contributed by atoms with Crippen LogP contribution in [0.3, 0.4) is 0 Å². The molecule has 0 aliphatic heterocycles. The molecule has 1 saturated carbocycles. The van der Waals surface area contributed by atoms with Gasteiger partial charge in [-0.15, -0.1) is 0 Å². The zero-order valence-electron chi connectivity index (χ0n) is 10.2. The van der Waals surface area contributed by atoms with Crippen molar-refractivity contribution in [1.82, 2.24) is 4.98 Å². The van der Waals surface area contributed by atoms with E-state index >= 15 is 0 Å². The third-order valence-corrected chi connectivity index (χ3v) is 3.63. The van der Waals surface area contributed by atoms with E-state index in [0.29, 0.717) is 11.0 Å². The van der Waals surface area contributed by atoms with Crippen LogP contribution in [-0.2, 0) is 0 Å². The third kappa shape index (κ3) is 2.54. The maximum Gasteiger partial charge on any atom is 0.290 e. The predicted molar refractivity (Wildman–Crippen MR) is 66.1 cm³/mol. The van der Waals surface area contributed by atoms with Gasteiger partial charge in [-0.25, -0.2) is 4.98 Å². The van der Waals surface area contributed by atoms with Gasteiger partial charge in [0.15, 0.2) is 0 Å². The fourth-order valence-electron chi connectivity index (χ4n) is 1.95. The molecule has 0 aromatic carbocycles. The fourth-order valence-corrected chi connectivity index (χ4v) is 1.95. The smallest absolute Gasteiger partial charge is 0.290 e. The molecule has 2 rings (SSSR count). The second kappa shape index (κ2) is 4.31. The first-order valence-corrected chi connectivity index (χ1v) is 5.91. The van der Waals surface area contributed by atoms with Crippen LogP contribution in [0.5, 0.6) is 0 Å². The summed E-state index contributed by atoms with van der Waals surface area (Å²) in [6, 6.07) is 1.74. The Labute approximate surface area is 100 Å². The highest BCUT2D eigenvalue weighted by atomic mass is 16.6. The molecule has 1 fully saturated rings. The number of nitrogens with zero attached hydrogens (tertiary/aromatic N) is 2. The Balaban J connectivity index is 2.03. The van der Waals surface area contributed by atoms with Crippen molar-refractivity contribution in [1.29, 1.82) is 0 Å². The van der Waals surface area contributed by atoms with E-state index in [0.717, 1.165) is 12.4 Å². The number of nitrogens with one attached hydrogen (secondary N) is 1. The summed E-state index contributed by atoms with van der Waals surface area (Å²) in [7, 11) is 0. The molecule has 1 heterocycles. The first kappa shape index (κ1) is 11.8. The van der Waals surface area contributed by atoms with Gasteiger partial charge in [0.2, 0.25) is 0 Å². The van der Waals surface area contributed by atoms with Crippen LogP contribution in [0.4, 0.5) is 11.5 Å². The predicted octanol–water partition coefficient (Wildman–Crippen LogP) is 2.90. The average Bonchev–Trinajstić information content (AvgIpc) is 3.07. The Morgan fingerprint density at radius 3 is 2.76 bits per heavy atom. The van der Waals surface area contributed by atoms with Gasteiger partial charge in [0.25, 0.3) is 5.69 Å². The zero-order valence-corrected chi connectivity index (χ0v) is 10.2. The molecule has 0 spiro atoms. The first-order valence-electron chi connectivity index (χ1n) is 5.91. The number of rotatable bonds is 5. The van der Waals surface area contributed by atoms with Gasteiger partial charge in [0, 0.05) is 12.1 Å². The van der Waals surface area contributed by atoms with E-state index in [4.69, 9.17) is 0 Å². The van der Waals surface area contributed by atoms with E-state index in [9.17, 15) is 10.1 Å². The van der Waals surface area contributed by atoms with Crippen molar-refractivity contribution in [2.24, 2.45) is 5.41 Å². The first-order chi connectivity index (χ1) is 8.06. The van der Waals surface area contributed by atoms with Gasteiger partial charge in [-0.2, -0.15) is 0 Å². The molecule has 5 heteroatoms. The molecule has 92 valence electrons. The molecule has 1 aliphatic carbocycles. The summed E-state index contributed by atoms with van der Waals surface area (Å²) in [6.07, 6.45) is 5.03. The summed E-state index contributed by atoms with van der Waals surface area (Å²) in [4.78, 5) is 14.3. The largest absolute Gasteiger partial charge is 0.370 e. The average molecular weight is 235 g/mol. The molecular formula is C12H17N3O2. The van der Waals surface area contributed by atoms with Crippen LogP contribution in [0.1, 0.15) is 31.7 Å². The molecule has 17 heavy (non-hydrogen) atoms. The van der Waals surface area contributed by atoms with Crippen molar-refractivity contribution in [2.75, 3.05) is 11.9 Å². The van der Waals surface area contributed by atoms with Gasteiger partial charge < -0.3 is 5.32 Å². The highest BCUT2D eigenvalue weighted by molar-refractivity contribution is 5.47. The molecule has 1 aromatic heterocycles.